The van der Waals surface area contributed by atoms with Crippen molar-refractivity contribution >= 4 is 82.8 Å². The van der Waals surface area contributed by atoms with Gasteiger partial charge < -0.3 is 147 Å². The van der Waals surface area contributed by atoms with E-state index in [1.165, 1.54) is 0 Å². The van der Waals surface area contributed by atoms with Gasteiger partial charge in [-0.3, -0.25) is 67.3 Å². The molecule has 0 bridgehead atoms. The molecule has 138 heavy (non-hydrogen) atoms. The molecule has 2 rings (SSSR count). The van der Waals surface area contributed by atoms with Crippen molar-refractivity contribution in [2.75, 3.05) is 291 Å². The van der Waals surface area contributed by atoms with Crippen molar-refractivity contribution in [1.29, 1.82) is 0 Å². The Kier molecular flexibility index (Phi) is 73.1. The molecule has 6 atom stereocenters. The van der Waals surface area contributed by atoms with Gasteiger partial charge in [0.2, 0.25) is 47.3 Å². The molecule has 0 saturated carbocycles. The lowest BCUT2D eigenvalue weighted by molar-refractivity contribution is -0.160. The molecule has 0 aromatic heterocycles. The molecule has 2 heterocycles. The van der Waals surface area contributed by atoms with E-state index in [4.69, 9.17) is 104 Å². The summed E-state index contributed by atoms with van der Waals surface area (Å²) in [6.45, 7) is 30.2. The largest absolute Gasteiger partial charge is 0.458 e. The van der Waals surface area contributed by atoms with Crippen LogP contribution in [-0.2, 0) is 171 Å². The highest BCUT2D eigenvalue weighted by molar-refractivity contribution is 6.19. The van der Waals surface area contributed by atoms with E-state index < -0.39 is 142 Å². The maximum atomic E-state index is 14.5. The number of amides is 12. The molecule has 46 nitrogen and oxygen atoms in total. The number of nitrogens with zero attached hydrogens (tertiary/aromatic N) is 2. The number of hydrogen-bond donors (Lipinski definition) is 8. The first-order chi connectivity index (χ1) is 66.3. The van der Waals surface area contributed by atoms with Crippen LogP contribution in [0.3, 0.4) is 0 Å². The molecule has 0 unspecified atom stereocenters. The van der Waals surface area contributed by atoms with Crippen molar-refractivity contribution in [3.05, 3.63) is 24.3 Å². The Hall–Kier alpha value is -8.34. The van der Waals surface area contributed by atoms with Crippen molar-refractivity contribution < 1.29 is 171 Å². The summed E-state index contributed by atoms with van der Waals surface area (Å²) in [4.78, 5) is 192. The molecule has 0 saturated heterocycles. The molecule has 2 aliphatic heterocycles. The van der Waals surface area contributed by atoms with Crippen LogP contribution in [0.2, 0.25) is 0 Å². The molecule has 0 aromatic carbocycles. The SMILES string of the molecule is COCCOCCOCCOCCOCCOCCOCCOCCOCCOCC(=O)NCCCC[C@H](NC(=O)CCCNC(=O)[C@H]([C@@H](C(=O)NCCCC(=O)N[C@@H](CCCCNC(=O)COCCOCCOCCOCCOCCOCCOCCOCCOCCOC)C(=O)N[C@H](C(=O)OC(C)(C)C)C(C)C)N1C(=O)C=CC1=O)N1C(=O)C=CC1=O)C(=O)N[C@H](C(=O)OC(C)(C)C)C(C)C. The lowest BCUT2D eigenvalue weighted by atomic mass is 10.0. The highest BCUT2D eigenvalue weighted by Gasteiger charge is 2.50. The van der Waals surface area contributed by atoms with E-state index in [1.54, 1.807) is 83.5 Å². The van der Waals surface area contributed by atoms with Crippen LogP contribution in [-0.4, -0.2) is 432 Å². The van der Waals surface area contributed by atoms with E-state index in [0.717, 1.165) is 24.3 Å². The first-order valence-electron chi connectivity index (χ1n) is 47.5. The van der Waals surface area contributed by atoms with Gasteiger partial charge in [-0.2, -0.15) is 0 Å². The number of carbonyl (C=O) groups is 14. The van der Waals surface area contributed by atoms with Crippen molar-refractivity contribution in [2.45, 2.75) is 181 Å². The van der Waals surface area contributed by atoms with E-state index in [0.29, 0.717) is 221 Å². The third-order valence-corrected chi connectivity index (χ3v) is 19.2. The third kappa shape index (κ3) is 64.9. The third-order valence-electron chi connectivity index (χ3n) is 19.2. The Bertz CT molecular complexity index is 3210. The summed E-state index contributed by atoms with van der Waals surface area (Å²) < 4.78 is 120. The minimum Gasteiger partial charge on any atom is -0.458 e. The first kappa shape index (κ1) is 126. The topological polar surface area (TPSA) is 545 Å². The van der Waals surface area contributed by atoms with Gasteiger partial charge in [0, 0.05) is 77.5 Å². The van der Waals surface area contributed by atoms with Gasteiger partial charge in [0.25, 0.3) is 23.6 Å². The standard InChI is InChI=1S/C92H160N10O36/c1-69(2)81(89(115)137-91(5,6)7)99-85(111)71(19-13-15-27-93-75(105)67-135-65-63-133-61-59-131-57-55-129-53-51-127-49-47-125-45-43-123-41-39-121-37-35-119-33-31-117-11)97-73(103)21-17-29-95-87(113)83(101-77(107)23-24-78(101)108)84(102-79(109)25-26-80(102)110)88(114)96-30-18-22-74(104)98-72(86(112)100-82(70(3)4)90(116)138-92(8,9)10)20-14-16-28-94-76(106)68-136-66-64-134-62-60-132-58-56-130-54-52-128-50-48-126-46-44-124-42-40-122-38-36-120-34-32-118-12/h23-26,69-72,81-84H,13-22,27-68H2,1-12H3,(H,93,105)(H,94,106)(H,95,113)(H,96,114)(H,97,103)(H,98,104)(H,99,111)(H,100,112)/t71-,72-,81-,82-,83-,84-/m0/s1. The molecule has 0 radical (unpaired) electrons. The Balaban J connectivity index is 1.93. The van der Waals surface area contributed by atoms with Crippen molar-refractivity contribution in [2.24, 2.45) is 11.8 Å². The fourth-order valence-electron chi connectivity index (χ4n) is 12.2. The van der Waals surface area contributed by atoms with Crippen molar-refractivity contribution in [3.63, 3.8) is 0 Å². The predicted octanol–water partition coefficient (Wildman–Crippen LogP) is -0.534. The number of carbonyl (C=O) groups excluding carboxylic acids is 14. The molecular weight excluding hydrogens is 1820 g/mol. The van der Waals surface area contributed by atoms with E-state index in [2.05, 4.69) is 42.5 Å². The number of imide groups is 2. The number of methoxy groups -OCH3 is 2. The molecule has 12 amide bonds. The summed E-state index contributed by atoms with van der Waals surface area (Å²) in [5.41, 5.74) is -1.82. The molecule has 2 aliphatic rings. The lowest BCUT2D eigenvalue weighted by Crippen LogP contribution is -2.66. The maximum absolute atomic E-state index is 14.5. The zero-order valence-corrected chi connectivity index (χ0v) is 83.3. The van der Waals surface area contributed by atoms with E-state index in [-0.39, 0.29) is 130 Å². The van der Waals surface area contributed by atoms with Crippen LogP contribution in [0.4, 0.5) is 0 Å². The van der Waals surface area contributed by atoms with Crippen LogP contribution >= 0.6 is 0 Å². The number of nitrogens with one attached hydrogen (secondary N) is 8. The molecule has 0 spiro atoms. The molecule has 0 fully saturated rings. The van der Waals surface area contributed by atoms with Crippen LogP contribution in [0.1, 0.15) is 133 Å². The Morgan fingerprint density at radius 2 is 0.493 bits per heavy atom. The highest BCUT2D eigenvalue weighted by atomic mass is 16.6. The van der Waals surface area contributed by atoms with Crippen LogP contribution in [0, 0.1) is 11.8 Å². The van der Waals surface area contributed by atoms with Crippen LogP contribution in [0.25, 0.3) is 0 Å². The van der Waals surface area contributed by atoms with Gasteiger partial charge in [-0.25, -0.2) is 9.59 Å². The molecule has 8 N–H and O–H groups in total. The fraction of sp³-hybridized carbons (Fsp3) is 0.804. The van der Waals surface area contributed by atoms with Gasteiger partial charge in [-0.15, -0.1) is 0 Å². The summed E-state index contributed by atoms with van der Waals surface area (Å²) >= 11 is 0. The van der Waals surface area contributed by atoms with Crippen LogP contribution in [0.15, 0.2) is 24.3 Å². The fourth-order valence-corrected chi connectivity index (χ4v) is 12.2. The second kappa shape index (κ2) is 80.2. The molecule has 46 heteroatoms. The Labute approximate surface area is 811 Å². The van der Waals surface area contributed by atoms with Crippen molar-refractivity contribution in [1.82, 2.24) is 52.3 Å². The van der Waals surface area contributed by atoms with Gasteiger partial charge >= 0.3 is 11.9 Å². The van der Waals surface area contributed by atoms with Crippen LogP contribution < -0.4 is 42.5 Å². The average molecular weight is 1980 g/mol. The molecule has 0 aliphatic carbocycles. The lowest BCUT2D eigenvalue weighted by Gasteiger charge is -2.35. The molecule has 0 aromatic rings. The Morgan fingerprint density at radius 3 is 0.710 bits per heavy atom. The second-order valence-electron chi connectivity index (χ2n) is 33.8. The van der Waals surface area contributed by atoms with Crippen LogP contribution in [0.5, 0.6) is 0 Å². The number of hydrogen-bond acceptors (Lipinski definition) is 36. The molecule has 794 valence electrons. The van der Waals surface area contributed by atoms with Gasteiger partial charge in [-0.1, -0.05) is 27.7 Å². The highest BCUT2D eigenvalue weighted by Crippen LogP contribution is 2.23. The van der Waals surface area contributed by atoms with Crippen molar-refractivity contribution in [3.8, 4) is 0 Å². The van der Waals surface area contributed by atoms with E-state index in [1.807, 2.05) is 0 Å². The van der Waals surface area contributed by atoms with Gasteiger partial charge in [-0.05, 0) is 105 Å². The first-order valence-corrected chi connectivity index (χ1v) is 47.5. The van der Waals surface area contributed by atoms with Gasteiger partial charge in [0.05, 0.1) is 238 Å². The molecular formula is C92H160N10O36. The number of esters is 2. The average Bonchev–Trinajstić information content (AvgIpc) is 1.61. The summed E-state index contributed by atoms with van der Waals surface area (Å²) in [7, 11) is 3.24. The Morgan fingerprint density at radius 1 is 0.275 bits per heavy atom. The van der Waals surface area contributed by atoms with E-state index >= 15 is 0 Å². The minimum atomic E-state index is -2.22. The van der Waals surface area contributed by atoms with Gasteiger partial charge in [0.15, 0.2) is 0 Å². The number of rotatable bonds is 91. The van der Waals surface area contributed by atoms with Gasteiger partial charge in [0.1, 0.15) is 60.7 Å². The summed E-state index contributed by atoms with van der Waals surface area (Å²) in [6, 6.07) is -9.16. The monoisotopic (exact) mass is 1980 g/mol. The number of unbranched alkanes of at least 4 members (excludes halogenated alkanes) is 2. The number of ether oxygens (including phenoxy) is 22. The summed E-state index contributed by atoms with van der Waals surface area (Å²) in [5, 5.41) is 21.3. The zero-order valence-electron chi connectivity index (χ0n) is 83.3. The zero-order chi connectivity index (χ0) is 102. The summed E-state index contributed by atoms with van der Waals surface area (Å²) in [6.07, 6.45) is 3.48. The second-order valence-corrected chi connectivity index (χ2v) is 33.8. The quantitative estimate of drug-likeness (QED) is 0.0215. The predicted molar refractivity (Wildman–Crippen MR) is 495 cm³/mol. The minimum absolute atomic E-state index is 0.0247. The maximum Gasteiger partial charge on any atom is 0.329 e. The summed E-state index contributed by atoms with van der Waals surface area (Å²) in [5.74, 6) is -12.8. The normalized spacial score (nSPS) is 14.1. The van der Waals surface area contributed by atoms with E-state index in [9.17, 15) is 67.1 Å². The smallest absolute Gasteiger partial charge is 0.329 e.